The summed E-state index contributed by atoms with van der Waals surface area (Å²) in [5.74, 6) is -1.09. The average Bonchev–Trinajstić information content (AvgIpc) is 3.16. The van der Waals surface area contributed by atoms with Crippen LogP contribution in [0.1, 0.15) is 69.7 Å². The maximum atomic E-state index is 13.3. The number of carbonyl (C=O) groups excluding carboxylic acids is 3. The fourth-order valence-corrected chi connectivity index (χ4v) is 7.49. The van der Waals surface area contributed by atoms with E-state index < -0.39 is 42.9 Å². The van der Waals surface area contributed by atoms with Gasteiger partial charge in [-0.25, -0.2) is 9.36 Å². The fourth-order valence-electron chi connectivity index (χ4n) is 7.09. The quantitative estimate of drug-likeness (QED) is 0.313. The van der Waals surface area contributed by atoms with Gasteiger partial charge in [0.15, 0.2) is 0 Å². The van der Waals surface area contributed by atoms with Crippen LogP contribution >= 0.6 is 7.82 Å². The number of phosphoric acid groups is 1. The molecule has 3 aliphatic rings. The van der Waals surface area contributed by atoms with Gasteiger partial charge in [-0.1, -0.05) is 26.8 Å². The maximum absolute atomic E-state index is 13.3. The topological polar surface area (TPSA) is 159 Å². The van der Waals surface area contributed by atoms with Gasteiger partial charge in [-0.05, 0) is 67.7 Å². The molecule has 2 bridgehead atoms. The smallest absolute Gasteiger partial charge is 0.445 e. The molecule has 0 radical (unpaired) electrons. The molecule has 0 aromatic heterocycles. The number of Topliss-reactive ketones (excluding diaryl/α,β-unsaturated/α-hetero) is 1. The summed E-state index contributed by atoms with van der Waals surface area (Å²) in [6.45, 7) is 9.89. The Balaban J connectivity index is 1.59. The van der Waals surface area contributed by atoms with Crippen LogP contribution in [0.5, 0.6) is 5.75 Å². The predicted molar refractivity (Wildman–Crippen MR) is 137 cm³/mol. The zero-order chi connectivity index (χ0) is 28.1. The first-order chi connectivity index (χ1) is 17.6. The van der Waals surface area contributed by atoms with Crippen LogP contribution in [-0.4, -0.2) is 44.9 Å². The number of benzene rings is 1. The van der Waals surface area contributed by atoms with Gasteiger partial charge in [0.25, 0.3) is 5.91 Å². The normalized spacial score (nSPS) is 36.8. The lowest BCUT2D eigenvalue weighted by Gasteiger charge is -2.59. The average molecular weight is 550 g/mol. The number of nitrogens with one attached hydrogen (secondary N) is 1. The maximum Gasteiger partial charge on any atom is 0.524 e. The van der Waals surface area contributed by atoms with Gasteiger partial charge in [-0.3, -0.25) is 24.7 Å². The molecule has 208 valence electrons. The number of aliphatic hydroxyl groups excluding tert-OH is 1. The standard InChI is InChI=1S/C27H36NO9P/c1-5-25(3)15-21(26(4)16(2)10-12-27(14-20(25)30)13-11-19(29)22(26)27)36-24(32)28-23(31)17-6-8-18(9-7-17)37-38(33,34)35/h5-9,16,20-22,30H,1,10-15H2,2-4H3,(H,28,31,32)(H2,33,34,35)/t16-,20+,21-,22+,25-,26+,27?/m1/s1. The van der Waals surface area contributed by atoms with E-state index in [4.69, 9.17) is 14.5 Å². The van der Waals surface area contributed by atoms with Crippen molar-refractivity contribution >= 4 is 25.6 Å². The molecule has 1 aromatic rings. The summed E-state index contributed by atoms with van der Waals surface area (Å²) in [5.41, 5.74) is -1.79. The summed E-state index contributed by atoms with van der Waals surface area (Å²) >= 11 is 0. The minimum atomic E-state index is -4.75. The first-order valence-electron chi connectivity index (χ1n) is 12.8. The number of amides is 2. The van der Waals surface area contributed by atoms with Crippen molar-refractivity contribution in [2.45, 2.75) is 71.5 Å². The summed E-state index contributed by atoms with van der Waals surface area (Å²) in [6.07, 6.45) is 2.70. The van der Waals surface area contributed by atoms with E-state index in [-0.39, 0.29) is 40.8 Å². The number of hydrogen-bond acceptors (Lipinski definition) is 7. The van der Waals surface area contributed by atoms with E-state index in [0.717, 1.165) is 12.8 Å². The molecule has 11 heteroatoms. The Morgan fingerprint density at radius 2 is 1.82 bits per heavy atom. The molecule has 4 N–H and O–H groups in total. The largest absolute Gasteiger partial charge is 0.524 e. The van der Waals surface area contributed by atoms with E-state index in [1.54, 1.807) is 6.08 Å². The molecule has 3 fully saturated rings. The van der Waals surface area contributed by atoms with Gasteiger partial charge < -0.3 is 14.4 Å². The lowest BCUT2D eigenvalue weighted by molar-refractivity contribution is -0.173. The molecule has 3 aliphatic carbocycles. The molecule has 38 heavy (non-hydrogen) atoms. The monoisotopic (exact) mass is 549 g/mol. The Kier molecular flexibility index (Phi) is 7.42. The van der Waals surface area contributed by atoms with Crippen molar-refractivity contribution in [3.8, 4) is 5.75 Å². The summed E-state index contributed by atoms with van der Waals surface area (Å²) in [6, 6.07) is 4.90. The molecule has 1 unspecified atom stereocenters. The molecule has 1 aromatic carbocycles. The second-order valence-electron chi connectivity index (χ2n) is 11.7. The lowest BCUT2D eigenvalue weighted by atomic mass is 9.46. The van der Waals surface area contributed by atoms with Crippen molar-refractivity contribution in [2.75, 3.05) is 0 Å². The predicted octanol–water partition coefficient (Wildman–Crippen LogP) is 4.14. The number of imide groups is 1. The molecule has 0 heterocycles. The Morgan fingerprint density at radius 3 is 2.42 bits per heavy atom. The lowest BCUT2D eigenvalue weighted by Crippen LogP contribution is -2.60. The highest BCUT2D eigenvalue weighted by Gasteiger charge is 2.66. The minimum Gasteiger partial charge on any atom is -0.445 e. The third-order valence-corrected chi connectivity index (χ3v) is 9.96. The fraction of sp³-hybridized carbons (Fsp3) is 0.593. The van der Waals surface area contributed by atoms with Crippen LogP contribution in [0, 0.1) is 28.1 Å². The van der Waals surface area contributed by atoms with Gasteiger partial charge in [0.1, 0.15) is 17.6 Å². The van der Waals surface area contributed by atoms with Crippen molar-refractivity contribution in [1.29, 1.82) is 0 Å². The van der Waals surface area contributed by atoms with Gasteiger partial charge in [-0.2, -0.15) is 0 Å². The summed E-state index contributed by atoms with van der Waals surface area (Å²) in [5, 5.41) is 13.5. The zero-order valence-electron chi connectivity index (χ0n) is 21.9. The van der Waals surface area contributed by atoms with Gasteiger partial charge in [0, 0.05) is 28.7 Å². The van der Waals surface area contributed by atoms with Crippen LogP contribution in [0.3, 0.4) is 0 Å². The van der Waals surface area contributed by atoms with E-state index in [1.165, 1.54) is 24.3 Å². The Morgan fingerprint density at radius 1 is 1.16 bits per heavy atom. The molecular weight excluding hydrogens is 513 g/mol. The van der Waals surface area contributed by atoms with Gasteiger partial charge in [0.05, 0.1) is 6.10 Å². The molecule has 0 saturated heterocycles. The molecule has 2 amide bonds. The Labute approximate surface area is 222 Å². The molecule has 10 nitrogen and oxygen atoms in total. The molecule has 0 spiro atoms. The number of alkyl carbamates (subject to hydrolysis) is 1. The third kappa shape index (κ3) is 5.07. The molecular formula is C27H36NO9P. The van der Waals surface area contributed by atoms with Crippen LogP contribution in [0.2, 0.25) is 0 Å². The molecule has 7 atom stereocenters. The minimum absolute atomic E-state index is 0.0475. The number of hydrogen-bond donors (Lipinski definition) is 4. The van der Waals surface area contributed by atoms with Crippen LogP contribution in [0.25, 0.3) is 0 Å². The number of ether oxygens (including phenoxy) is 1. The van der Waals surface area contributed by atoms with Crippen molar-refractivity contribution < 1.29 is 43.1 Å². The Bertz CT molecular complexity index is 1180. The zero-order valence-corrected chi connectivity index (χ0v) is 22.8. The highest BCUT2D eigenvalue weighted by molar-refractivity contribution is 7.46. The molecule has 0 aliphatic heterocycles. The van der Waals surface area contributed by atoms with Gasteiger partial charge in [-0.15, -0.1) is 6.58 Å². The number of ketones is 1. The molecule has 3 saturated carbocycles. The second kappa shape index (κ2) is 9.90. The van der Waals surface area contributed by atoms with Crippen LogP contribution in [0.15, 0.2) is 36.9 Å². The van der Waals surface area contributed by atoms with E-state index in [0.29, 0.717) is 19.3 Å². The number of carbonyl (C=O) groups is 3. The number of rotatable bonds is 5. The third-order valence-electron chi connectivity index (χ3n) is 9.51. The van der Waals surface area contributed by atoms with Gasteiger partial charge >= 0.3 is 13.9 Å². The molecule has 4 rings (SSSR count). The summed E-state index contributed by atoms with van der Waals surface area (Å²) < 4.78 is 21.4. The van der Waals surface area contributed by atoms with Crippen molar-refractivity contribution in [3.05, 3.63) is 42.5 Å². The van der Waals surface area contributed by atoms with E-state index in [1.807, 2.05) is 13.8 Å². The second-order valence-corrected chi connectivity index (χ2v) is 12.8. The van der Waals surface area contributed by atoms with Crippen molar-refractivity contribution in [3.63, 3.8) is 0 Å². The first kappa shape index (κ1) is 28.5. The van der Waals surface area contributed by atoms with Crippen LogP contribution < -0.4 is 9.84 Å². The number of phosphoric ester groups is 1. The van der Waals surface area contributed by atoms with Crippen molar-refractivity contribution in [2.24, 2.45) is 28.1 Å². The van der Waals surface area contributed by atoms with Crippen LogP contribution in [0.4, 0.5) is 4.79 Å². The van der Waals surface area contributed by atoms with Crippen LogP contribution in [-0.2, 0) is 14.1 Å². The summed E-state index contributed by atoms with van der Waals surface area (Å²) in [4.78, 5) is 56.9. The van der Waals surface area contributed by atoms with E-state index in [2.05, 4.69) is 23.3 Å². The summed E-state index contributed by atoms with van der Waals surface area (Å²) in [7, 11) is -4.75. The highest BCUT2D eigenvalue weighted by Crippen LogP contribution is 2.66. The SMILES string of the molecule is C=C[C@]1(C)C[C@@H](OC(=O)NC(=O)c2ccc(OP(=O)(O)O)cc2)[C@]2(C)[C@H](C)CCC3(CCC(=O)[C@H]32)C[C@@H]1O. The first-order valence-corrected chi connectivity index (χ1v) is 14.4. The van der Waals surface area contributed by atoms with Crippen molar-refractivity contribution in [1.82, 2.24) is 5.32 Å². The highest BCUT2D eigenvalue weighted by atomic mass is 31.2. The number of aliphatic hydroxyl groups is 1. The Hall–Kier alpha value is -2.52. The van der Waals surface area contributed by atoms with Gasteiger partial charge in [0.2, 0.25) is 0 Å². The van der Waals surface area contributed by atoms with E-state index in [9.17, 15) is 24.1 Å². The van der Waals surface area contributed by atoms with E-state index >= 15 is 0 Å².